The molecule has 0 fully saturated rings. The maximum Gasteiger partial charge on any atom is 0.0738 e. The van der Waals surface area contributed by atoms with Crippen molar-refractivity contribution in [2.75, 3.05) is 0 Å². The molecule has 4 nitrogen and oxygen atoms in total. The Labute approximate surface area is 291 Å². The zero-order valence-corrected chi connectivity index (χ0v) is 28.0. The van der Waals surface area contributed by atoms with Crippen LogP contribution in [0.25, 0.3) is 22.3 Å². The molecule has 238 valence electrons. The minimum absolute atomic E-state index is 0.894. The number of hydrogen-bond donors (Lipinski definition) is 0. The highest BCUT2D eigenvalue weighted by atomic mass is 15.0. The van der Waals surface area contributed by atoms with Gasteiger partial charge in [-0.15, -0.1) is 0 Å². The van der Waals surface area contributed by atoms with Gasteiger partial charge in [0.2, 0.25) is 0 Å². The van der Waals surface area contributed by atoms with Crippen molar-refractivity contribution in [3.8, 4) is 0 Å². The molecule has 4 heteroatoms. The van der Waals surface area contributed by atoms with E-state index >= 15 is 0 Å². The van der Waals surface area contributed by atoms with E-state index in [0.717, 1.165) is 89.3 Å². The molecular formula is C46H34N4. The molecule has 4 aromatic carbocycles. The van der Waals surface area contributed by atoms with E-state index in [9.17, 15) is 0 Å². The molecule has 0 saturated heterocycles. The molecule has 3 aliphatic heterocycles. The van der Waals surface area contributed by atoms with Gasteiger partial charge in [0.15, 0.2) is 0 Å². The minimum atomic E-state index is 0.894. The topological polar surface area (TPSA) is 34.6 Å². The van der Waals surface area contributed by atoms with E-state index in [1.807, 2.05) is 0 Å². The van der Waals surface area contributed by atoms with Gasteiger partial charge in [0.25, 0.3) is 0 Å². The molecule has 50 heavy (non-hydrogen) atoms. The van der Waals surface area contributed by atoms with Crippen molar-refractivity contribution in [2.45, 2.75) is 0 Å². The number of hydrogen-bond acceptors (Lipinski definition) is 2. The molecule has 8 bridgehead atoms. The molecular weight excluding hydrogens is 609 g/mol. The number of aliphatic imine (C=N–C) groups is 2. The molecule has 0 amide bonds. The van der Waals surface area contributed by atoms with Crippen LogP contribution in [0.15, 0.2) is 191 Å². The molecule has 3 aliphatic rings. The van der Waals surface area contributed by atoms with Crippen LogP contribution in [-0.4, -0.2) is 20.6 Å². The standard InChI is InChI=1S/C46H34N4/c1-49-30-35-29-42(49)46(34-21-13-6-14-22-34)41-28-27-40(50(41)2)45(33-19-11-5-12-20-33)39-26-25-38(48-39)44(32-17-9-4-10-18-32)37-24-23-36(47-37)43(35)31-15-7-3-8-16-31/h3-30H,1-2H3. The molecule has 0 aliphatic carbocycles. The molecule has 0 spiro atoms. The Balaban J connectivity index is 1.46. The van der Waals surface area contributed by atoms with E-state index < -0.39 is 0 Å². The van der Waals surface area contributed by atoms with Crippen molar-refractivity contribution in [1.29, 1.82) is 0 Å². The van der Waals surface area contributed by atoms with Gasteiger partial charge in [0.05, 0.1) is 39.2 Å². The summed E-state index contributed by atoms with van der Waals surface area (Å²) in [5, 5.41) is 2.22. The Morgan fingerprint density at radius 2 is 0.820 bits per heavy atom. The molecule has 0 N–H and O–H groups in total. The van der Waals surface area contributed by atoms with Gasteiger partial charge in [0, 0.05) is 48.1 Å². The molecule has 0 unspecified atom stereocenters. The van der Waals surface area contributed by atoms with Gasteiger partial charge in [-0.05, 0) is 64.8 Å². The number of allylic oxidation sites excluding steroid dienone is 5. The fourth-order valence-corrected chi connectivity index (χ4v) is 7.41. The SMILES string of the molecule is Cn1cc2cc1C(c1ccccc1)=c1ccc(n1C)=C(c1ccccc1)C1=NC(=C(c3ccccc3)C3=NC(=C2c2ccccc2)C=C3)C=C1. The highest BCUT2D eigenvalue weighted by molar-refractivity contribution is 6.35. The number of aromatic nitrogens is 2. The fraction of sp³-hybridized carbons (Fsp3) is 0.0435. The summed E-state index contributed by atoms with van der Waals surface area (Å²) in [4.78, 5) is 10.8. The van der Waals surface area contributed by atoms with E-state index in [1.54, 1.807) is 0 Å². The van der Waals surface area contributed by atoms with E-state index in [0.29, 0.717) is 0 Å². The summed E-state index contributed by atoms with van der Waals surface area (Å²) in [6.45, 7) is 0. The third-order valence-corrected chi connectivity index (χ3v) is 9.74. The second-order valence-electron chi connectivity index (χ2n) is 12.8. The lowest BCUT2D eigenvalue weighted by Gasteiger charge is -2.12. The van der Waals surface area contributed by atoms with Crippen LogP contribution in [0.2, 0.25) is 0 Å². The van der Waals surface area contributed by atoms with Crippen LogP contribution < -0.4 is 10.7 Å². The summed E-state index contributed by atoms with van der Waals surface area (Å²) in [5.41, 5.74) is 14.7. The number of rotatable bonds is 4. The van der Waals surface area contributed by atoms with Crippen LogP contribution in [0.1, 0.15) is 33.5 Å². The summed E-state index contributed by atoms with van der Waals surface area (Å²) in [7, 11) is 4.31. The van der Waals surface area contributed by atoms with Gasteiger partial charge in [-0.2, -0.15) is 0 Å². The predicted octanol–water partition coefficient (Wildman–Crippen LogP) is 8.02. The lowest BCUT2D eigenvalue weighted by Crippen LogP contribution is -2.29. The number of nitrogens with zero attached hydrogens (tertiary/aromatic N) is 4. The third kappa shape index (κ3) is 5.01. The fourth-order valence-electron chi connectivity index (χ4n) is 7.41. The van der Waals surface area contributed by atoms with E-state index in [4.69, 9.17) is 9.98 Å². The largest absolute Gasteiger partial charge is 0.350 e. The maximum atomic E-state index is 5.40. The van der Waals surface area contributed by atoms with Crippen LogP contribution in [0.4, 0.5) is 0 Å². The number of fused-ring (bicyclic) bond motifs is 6. The smallest absolute Gasteiger partial charge is 0.0738 e. The Hall–Kier alpha value is -6.52. The van der Waals surface area contributed by atoms with E-state index in [-0.39, 0.29) is 0 Å². The number of aryl methyl sites for hydroxylation is 1. The average molecular weight is 643 g/mol. The maximum absolute atomic E-state index is 5.40. The van der Waals surface area contributed by atoms with Gasteiger partial charge in [-0.25, -0.2) is 9.98 Å². The Morgan fingerprint density at radius 1 is 0.400 bits per heavy atom. The van der Waals surface area contributed by atoms with Gasteiger partial charge in [-0.3, -0.25) is 0 Å². The van der Waals surface area contributed by atoms with Crippen molar-refractivity contribution in [2.24, 2.45) is 24.1 Å². The highest BCUT2D eigenvalue weighted by Crippen LogP contribution is 2.36. The first-order chi connectivity index (χ1) is 24.6. The average Bonchev–Trinajstić information content (AvgIpc) is 3.98. The first kappa shape index (κ1) is 29.6. The normalized spacial score (nSPS) is 15.2. The minimum Gasteiger partial charge on any atom is -0.350 e. The van der Waals surface area contributed by atoms with Gasteiger partial charge >= 0.3 is 0 Å². The van der Waals surface area contributed by atoms with Gasteiger partial charge < -0.3 is 9.13 Å². The van der Waals surface area contributed by atoms with Gasteiger partial charge in [-0.1, -0.05) is 121 Å². The van der Waals surface area contributed by atoms with Crippen LogP contribution in [0.5, 0.6) is 0 Å². The zero-order valence-electron chi connectivity index (χ0n) is 28.0. The quantitative estimate of drug-likeness (QED) is 0.187. The highest BCUT2D eigenvalue weighted by Gasteiger charge is 2.24. The predicted molar refractivity (Wildman–Crippen MR) is 206 cm³/mol. The van der Waals surface area contributed by atoms with Crippen molar-refractivity contribution in [3.05, 3.63) is 226 Å². The first-order valence-corrected chi connectivity index (χ1v) is 17.0. The van der Waals surface area contributed by atoms with Crippen LogP contribution >= 0.6 is 0 Å². The van der Waals surface area contributed by atoms with Crippen molar-refractivity contribution in [1.82, 2.24) is 9.13 Å². The lowest BCUT2D eigenvalue weighted by atomic mass is 9.96. The molecule has 9 rings (SSSR count). The molecule has 5 heterocycles. The lowest BCUT2D eigenvalue weighted by molar-refractivity contribution is 0.847. The van der Waals surface area contributed by atoms with Crippen molar-refractivity contribution >= 4 is 33.7 Å². The summed E-state index contributed by atoms with van der Waals surface area (Å²) in [5.74, 6) is 0. The van der Waals surface area contributed by atoms with Crippen LogP contribution in [0.3, 0.4) is 0 Å². The molecule has 0 atom stereocenters. The summed E-state index contributed by atoms with van der Waals surface area (Å²) >= 11 is 0. The monoisotopic (exact) mass is 642 g/mol. The molecule has 6 aromatic rings. The Bertz CT molecular complexity index is 2610. The summed E-state index contributed by atoms with van der Waals surface area (Å²) in [6, 6.07) is 49.2. The second-order valence-corrected chi connectivity index (χ2v) is 12.8. The van der Waals surface area contributed by atoms with E-state index in [2.05, 4.69) is 193 Å². The number of benzene rings is 4. The summed E-state index contributed by atoms with van der Waals surface area (Å²) < 4.78 is 4.58. The molecule has 0 saturated carbocycles. The second kappa shape index (κ2) is 12.2. The molecule has 0 radical (unpaired) electrons. The first-order valence-electron chi connectivity index (χ1n) is 17.0. The third-order valence-electron chi connectivity index (χ3n) is 9.74. The van der Waals surface area contributed by atoms with Crippen molar-refractivity contribution < 1.29 is 0 Å². The van der Waals surface area contributed by atoms with Gasteiger partial charge in [0.1, 0.15) is 0 Å². The van der Waals surface area contributed by atoms with Crippen molar-refractivity contribution in [3.63, 3.8) is 0 Å². The Kier molecular flexibility index (Phi) is 7.21. The van der Waals surface area contributed by atoms with Crippen LogP contribution in [0, 0.1) is 0 Å². The van der Waals surface area contributed by atoms with Crippen LogP contribution in [-0.2, 0) is 14.1 Å². The van der Waals surface area contributed by atoms with E-state index in [1.165, 1.54) is 0 Å². The molecule has 2 aromatic heterocycles. The summed E-state index contributed by atoms with van der Waals surface area (Å²) in [6.07, 6.45) is 10.8. The Morgan fingerprint density at radius 3 is 1.36 bits per heavy atom. The zero-order chi connectivity index (χ0) is 33.6.